The average molecular weight is 122 g/mol. The fourth-order valence-corrected chi connectivity index (χ4v) is 0.573. The van der Waals surface area contributed by atoms with Crippen LogP contribution in [0.25, 0.3) is 0 Å². The predicted octanol–water partition coefficient (Wildman–Crippen LogP) is 3.08. The minimum atomic E-state index is 0.973. The fourth-order valence-electron chi connectivity index (χ4n) is 0.573. The highest BCUT2D eigenvalue weighted by Crippen LogP contribution is 1.99. The van der Waals surface area contributed by atoms with E-state index in [1.807, 2.05) is 32.1 Å². The molecule has 0 atom stereocenters. The van der Waals surface area contributed by atoms with Crippen molar-refractivity contribution in [3.63, 3.8) is 0 Å². The zero-order valence-corrected chi connectivity index (χ0v) is 6.22. The maximum atomic E-state index is 3.84. The van der Waals surface area contributed by atoms with Crippen LogP contribution in [0.5, 0.6) is 0 Å². The van der Waals surface area contributed by atoms with Gasteiger partial charge in [-0.3, -0.25) is 0 Å². The molecule has 0 spiro atoms. The Hall–Kier alpha value is -0.780. The van der Waals surface area contributed by atoms with Gasteiger partial charge in [0.25, 0.3) is 0 Å². The van der Waals surface area contributed by atoms with Gasteiger partial charge in [0.2, 0.25) is 0 Å². The first-order valence-electron chi connectivity index (χ1n) is 3.23. The number of hydrogen-bond donors (Lipinski definition) is 0. The molecule has 0 bridgehead atoms. The molecule has 0 aliphatic heterocycles. The van der Waals surface area contributed by atoms with Gasteiger partial charge in [0, 0.05) is 0 Å². The quantitative estimate of drug-likeness (QED) is 0.398. The monoisotopic (exact) mass is 122 g/mol. The van der Waals surface area contributed by atoms with Crippen LogP contribution in [0.1, 0.15) is 20.3 Å². The van der Waals surface area contributed by atoms with Gasteiger partial charge in [-0.1, -0.05) is 36.5 Å². The fraction of sp³-hybridized carbons (Fsp3) is 0.333. The molecular weight excluding hydrogens is 108 g/mol. The van der Waals surface area contributed by atoms with E-state index < -0.39 is 0 Å². The smallest absolute Gasteiger partial charge is 0.0104 e. The molecule has 0 fully saturated rings. The van der Waals surface area contributed by atoms with E-state index in [0.717, 1.165) is 12.0 Å². The van der Waals surface area contributed by atoms with Crippen LogP contribution in [0.2, 0.25) is 0 Å². The zero-order chi connectivity index (χ0) is 7.11. The summed E-state index contributed by atoms with van der Waals surface area (Å²) in [6, 6.07) is 0. The van der Waals surface area contributed by atoms with Gasteiger partial charge in [0.05, 0.1) is 0 Å². The Morgan fingerprint density at radius 1 is 1.33 bits per heavy atom. The molecule has 0 aromatic carbocycles. The van der Waals surface area contributed by atoms with Crippen LogP contribution in [-0.4, -0.2) is 0 Å². The summed E-state index contributed by atoms with van der Waals surface area (Å²) < 4.78 is 0. The van der Waals surface area contributed by atoms with Crippen molar-refractivity contribution in [2.24, 2.45) is 0 Å². The highest BCUT2D eigenvalue weighted by atomic mass is 13.9. The lowest BCUT2D eigenvalue weighted by atomic mass is 10.2. The lowest BCUT2D eigenvalue weighted by Gasteiger charge is -1.89. The van der Waals surface area contributed by atoms with Crippen LogP contribution in [0, 0.1) is 0 Å². The number of allylic oxidation sites excluding steroid dienone is 5. The van der Waals surface area contributed by atoms with E-state index >= 15 is 0 Å². The van der Waals surface area contributed by atoms with Crippen LogP contribution in [0.15, 0.2) is 36.5 Å². The number of rotatable bonds is 3. The zero-order valence-electron chi connectivity index (χ0n) is 6.22. The second-order valence-corrected chi connectivity index (χ2v) is 1.93. The van der Waals surface area contributed by atoms with Gasteiger partial charge in [-0.05, 0) is 20.3 Å². The van der Waals surface area contributed by atoms with Crippen LogP contribution in [-0.2, 0) is 0 Å². The van der Waals surface area contributed by atoms with Crippen molar-refractivity contribution >= 4 is 0 Å². The Bertz CT molecular complexity index is 127. The van der Waals surface area contributed by atoms with E-state index in [-0.39, 0.29) is 0 Å². The summed E-state index contributed by atoms with van der Waals surface area (Å²) in [4.78, 5) is 0. The summed E-state index contributed by atoms with van der Waals surface area (Å²) in [5.74, 6) is 0. The summed E-state index contributed by atoms with van der Waals surface area (Å²) in [5, 5.41) is 0. The van der Waals surface area contributed by atoms with Gasteiger partial charge in [0.1, 0.15) is 0 Å². The molecule has 0 heterocycles. The Balaban J connectivity index is 3.51. The highest BCUT2D eigenvalue weighted by Gasteiger charge is 1.79. The SMILES string of the molecule is C=C(/C=C\C)C/C=C\C. The minimum Gasteiger partial charge on any atom is -0.0955 e. The normalized spacial score (nSPS) is 11.3. The first-order valence-corrected chi connectivity index (χ1v) is 3.23. The van der Waals surface area contributed by atoms with Crippen molar-refractivity contribution < 1.29 is 0 Å². The molecule has 0 aromatic rings. The summed E-state index contributed by atoms with van der Waals surface area (Å²) in [6.45, 7) is 7.86. The molecule has 50 valence electrons. The summed E-state index contributed by atoms with van der Waals surface area (Å²) in [7, 11) is 0. The summed E-state index contributed by atoms with van der Waals surface area (Å²) in [5.41, 5.74) is 1.16. The van der Waals surface area contributed by atoms with Crippen LogP contribution in [0.3, 0.4) is 0 Å². The predicted molar refractivity (Wildman–Crippen MR) is 43.4 cm³/mol. The van der Waals surface area contributed by atoms with Crippen molar-refractivity contribution in [3.05, 3.63) is 36.5 Å². The molecule has 0 aliphatic carbocycles. The summed E-state index contributed by atoms with van der Waals surface area (Å²) >= 11 is 0. The van der Waals surface area contributed by atoms with Gasteiger partial charge in [0.15, 0.2) is 0 Å². The molecular formula is C9H14. The highest BCUT2D eigenvalue weighted by molar-refractivity contribution is 5.16. The van der Waals surface area contributed by atoms with Crippen molar-refractivity contribution in [2.45, 2.75) is 20.3 Å². The van der Waals surface area contributed by atoms with Crippen LogP contribution >= 0.6 is 0 Å². The first kappa shape index (κ1) is 8.22. The molecule has 0 saturated carbocycles. The van der Waals surface area contributed by atoms with Gasteiger partial charge >= 0.3 is 0 Å². The van der Waals surface area contributed by atoms with E-state index in [2.05, 4.69) is 12.7 Å². The van der Waals surface area contributed by atoms with E-state index in [9.17, 15) is 0 Å². The minimum absolute atomic E-state index is 0.973. The van der Waals surface area contributed by atoms with Gasteiger partial charge in [-0.25, -0.2) is 0 Å². The average Bonchev–Trinajstić information content (AvgIpc) is 1.85. The van der Waals surface area contributed by atoms with Crippen molar-refractivity contribution in [1.82, 2.24) is 0 Å². The lowest BCUT2D eigenvalue weighted by Crippen LogP contribution is -1.68. The Morgan fingerprint density at radius 2 is 2.00 bits per heavy atom. The first-order chi connectivity index (χ1) is 4.31. The van der Waals surface area contributed by atoms with Gasteiger partial charge in [-0.15, -0.1) is 0 Å². The third-order valence-electron chi connectivity index (χ3n) is 1.02. The lowest BCUT2D eigenvalue weighted by molar-refractivity contribution is 1.29. The van der Waals surface area contributed by atoms with E-state index in [1.54, 1.807) is 0 Å². The molecule has 0 radical (unpaired) electrons. The molecule has 0 rings (SSSR count). The van der Waals surface area contributed by atoms with E-state index in [4.69, 9.17) is 0 Å². The second-order valence-electron chi connectivity index (χ2n) is 1.93. The number of hydrogen-bond acceptors (Lipinski definition) is 0. The molecule has 0 aliphatic rings. The molecule has 0 saturated heterocycles. The topological polar surface area (TPSA) is 0 Å². The van der Waals surface area contributed by atoms with Crippen molar-refractivity contribution in [1.29, 1.82) is 0 Å². The second kappa shape index (κ2) is 5.36. The molecule has 0 nitrogen and oxygen atoms in total. The Morgan fingerprint density at radius 3 is 2.44 bits per heavy atom. The Labute approximate surface area is 57.6 Å². The molecule has 0 amide bonds. The largest absolute Gasteiger partial charge is 0.0955 e. The molecule has 0 unspecified atom stereocenters. The molecule has 9 heavy (non-hydrogen) atoms. The third kappa shape index (κ3) is 5.09. The van der Waals surface area contributed by atoms with Crippen molar-refractivity contribution in [3.8, 4) is 0 Å². The van der Waals surface area contributed by atoms with Gasteiger partial charge in [-0.2, -0.15) is 0 Å². The third-order valence-corrected chi connectivity index (χ3v) is 1.02. The molecule has 0 N–H and O–H groups in total. The maximum Gasteiger partial charge on any atom is -0.0104 e. The maximum absolute atomic E-state index is 3.84. The molecule has 0 aromatic heterocycles. The standard InChI is InChI=1S/C9H14/c1-4-6-8-9(3)7-5-2/h4-7H,3,8H2,1-2H3/b6-4-,7-5-. The van der Waals surface area contributed by atoms with E-state index in [0.29, 0.717) is 0 Å². The van der Waals surface area contributed by atoms with Crippen LogP contribution in [0.4, 0.5) is 0 Å². The van der Waals surface area contributed by atoms with Crippen LogP contribution < -0.4 is 0 Å². The summed E-state index contributed by atoms with van der Waals surface area (Å²) in [6.07, 6.45) is 9.14. The molecule has 0 heteroatoms. The van der Waals surface area contributed by atoms with Gasteiger partial charge < -0.3 is 0 Å². The van der Waals surface area contributed by atoms with Crippen molar-refractivity contribution in [2.75, 3.05) is 0 Å². The van der Waals surface area contributed by atoms with E-state index in [1.165, 1.54) is 0 Å². The Kier molecular flexibility index (Phi) is 4.89.